The Labute approximate surface area is 197 Å². The number of ether oxygens (including phenoxy) is 2. The minimum atomic E-state index is -1.46. The van der Waals surface area contributed by atoms with Crippen LogP contribution in [0.3, 0.4) is 0 Å². The first kappa shape index (κ1) is 20.4. The summed E-state index contributed by atoms with van der Waals surface area (Å²) in [5.74, 6) is 1.28. The topological polar surface area (TPSA) is 63.9 Å². The number of pyridine rings is 1. The van der Waals surface area contributed by atoms with E-state index < -0.39 is 5.60 Å². The second-order valence-electron chi connectivity index (χ2n) is 8.52. The molecule has 2 aliphatic heterocycles. The fraction of sp³-hybridized carbons (Fsp3) is 0.103. The highest BCUT2D eigenvalue weighted by Gasteiger charge is 2.38. The van der Waals surface area contributed by atoms with Gasteiger partial charge < -0.3 is 14.6 Å². The van der Waals surface area contributed by atoms with Crippen molar-refractivity contribution in [3.8, 4) is 22.8 Å². The fourth-order valence-corrected chi connectivity index (χ4v) is 4.73. The van der Waals surface area contributed by atoms with Crippen molar-refractivity contribution in [2.24, 2.45) is 4.99 Å². The molecule has 0 amide bonds. The van der Waals surface area contributed by atoms with Gasteiger partial charge in [-0.1, -0.05) is 43.0 Å². The van der Waals surface area contributed by atoms with Crippen molar-refractivity contribution >= 4 is 17.1 Å². The molecule has 0 fully saturated rings. The molecule has 6 rings (SSSR count). The average molecular weight is 447 g/mol. The molecular weight excluding hydrogens is 424 g/mol. The Hall–Kier alpha value is -4.22. The highest BCUT2D eigenvalue weighted by Crippen LogP contribution is 2.43. The third-order valence-corrected chi connectivity index (χ3v) is 6.48. The second-order valence-corrected chi connectivity index (χ2v) is 8.52. The number of hydrogen-bond donors (Lipinski definition) is 1. The predicted molar refractivity (Wildman–Crippen MR) is 133 cm³/mol. The van der Waals surface area contributed by atoms with Crippen molar-refractivity contribution in [3.05, 3.63) is 113 Å². The van der Waals surface area contributed by atoms with Gasteiger partial charge in [-0.25, -0.2) is 4.98 Å². The normalized spacial score (nSPS) is 18.6. The quantitative estimate of drug-likeness (QED) is 0.438. The van der Waals surface area contributed by atoms with Crippen LogP contribution >= 0.6 is 0 Å². The van der Waals surface area contributed by atoms with Gasteiger partial charge in [-0.3, -0.25) is 4.99 Å². The summed E-state index contributed by atoms with van der Waals surface area (Å²) < 4.78 is 11.6. The molecule has 0 saturated carbocycles. The molecular formula is C29H22N2O3. The summed E-state index contributed by atoms with van der Waals surface area (Å²) >= 11 is 0. The summed E-state index contributed by atoms with van der Waals surface area (Å²) in [5, 5.41) is 13.3. The lowest BCUT2D eigenvalue weighted by Crippen LogP contribution is -2.30. The highest BCUT2D eigenvalue weighted by molar-refractivity contribution is 5.96. The van der Waals surface area contributed by atoms with Crippen molar-refractivity contribution in [2.75, 3.05) is 7.11 Å². The van der Waals surface area contributed by atoms with Gasteiger partial charge in [0.2, 0.25) is 5.88 Å². The van der Waals surface area contributed by atoms with Crippen LogP contribution in [0.15, 0.2) is 102 Å². The van der Waals surface area contributed by atoms with Crippen LogP contribution in [0.25, 0.3) is 22.0 Å². The van der Waals surface area contributed by atoms with E-state index in [-0.39, 0.29) is 0 Å². The van der Waals surface area contributed by atoms with Crippen LogP contribution in [-0.4, -0.2) is 23.4 Å². The third-order valence-electron chi connectivity index (χ3n) is 6.48. The first-order valence-electron chi connectivity index (χ1n) is 11.0. The molecule has 1 N–H and O–H groups in total. The van der Waals surface area contributed by atoms with Gasteiger partial charge in [0, 0.05) is 29.4 Å². The zero-order chi connectivity index (χ0) is 23.3. The van der Waals surface area contributed by atoms with Crippen molar-refractivity contribution < 1.29 is 14.6 Å². The van der Waals surface area contributed by atoms with E-state index in [1.165, 1.54) is 0 Å². The van der Waals surface area contributed by atoms with Crippen molar-refractivity contribution in [1.29, 1.82) is 0 Å². The van der Waals surface area contributed by atoms with Crippen LogP contribution in [-0.2, 0) is 12.2 Å². The van der Waals surface area contributed by atoms with E-state index in [1.807, 2.05) is 72.8 Å². The van der Waals surface area contributed by atoms with E-state index in [0.717, 1.165) is 38.9 Å². The molecule has 166 valence electrons. The fourth-order valence-electron chi connectivity index (χ4n) is 4.73. The van der Waals surface area contributed by atoms with Gasteiger partial charge in [0.15, 0.2) is 0 Å². The summed E-state index contributed by atoms with van der Waals surface area (Å²) in [5.41, 5.74) is 4.93. The largest absolute Gasteiger partial charge is 0.489 e. The predicted octanol–water partition coefficient (Wildman–Crippen LogP) is 5.56. The number of fused-ring (bicyclic) bond motifs is 6. The van der Waals surface area contributed by atoms with E-state index in [1.54, 1.807) is 19.5 Å². The van der Waals surface area contributed by atoms with Crippen LogP contribution in [0.4, 0.5) is 0 Å². The zero-order valence-electron chi connectivity index (χ0n) is 18.7. The Balaban J connectivity index is 1.71. The number of hydrogen-bond acceptors (Lipinski definition) is 5. The Morgan fingerprint density at radius 1 is 1.00 bits per heavy atom. The summed E-state index contributed by atoms with van der Waals surface area (Å²) in [6, 6.07) is 23.6. The number of rotatable bonds is 2. The number of methoxy groups -OCH3 is 1. The lowest BCUT2D eigenvalue weighted by Gasteiger charge is -2.32. The van der Waals surface area contributed by atoms with Gasteiger partial charge in [0.25, 0.3) is 0 Å². The van der Waals surface area contributed by atoms with Crippen molar-refractivity contribution in [3.63, 3.8) is 0 Å². The van der Waals surface area contributed by atoms with E-state index in [4.69, 9.17) is 9.47 Å². The summed E-state index contributed by atoms with van der Waals surface area (Å²) in [7, 11) is 1.61. The zero-order valence-corrected chi connectivity index (χ0v) is 18.7. The van der Waals surface area contributed by atoms with Crippen LogP contribution < -0.4 is 9.47 Å². The molecule has 0 saturated heterocycles. The Morgan fingerprint density at radius 3 is 2.68 bits per heavy atom. The number of aliphatic hydroxyl groups is 1. The van der Waals surface area contributed by atoms with E-state index in [2.05, 4.69) is 16.6 Å². The second kappa shape index (κ2) is 7.68. The molecule has 3 aromatic carbocycles. The first-order chi connectivity index (χ1) is 16.6. The Kier molecular flexibility index (Phi) is 4.61. The van der Waals surface area contributed by atoms with Crippen LogP contribution in [0.5, 0.6) is 11.6 Å². The Bertz CT molecular complexity index is 1540. The summed E-state index contributed by atoms with van der Waals surface area (Å²) in [6.07, 6.45) is 3.36. The van der Waals surface area contributed by atoms with Crippen molar-refractivity contribution in [1.82, 2.24) is 4.98 Å². The van der Waals surface area contributed by atoms with Crippen LogP contribution in [0, 0.1) is 0 Å². The SMILES string of the molecule is C=C1C=NC=C1C1(O)c2cccc(c2)COc2cccc(c2)-c2cc(OC)nc3ccc1cc23. The average Bonchev–Trinajstić information content (AvgIpc) is 3.32. The van der Waals surface area contributed by atoms with Crippen molar-refractivity contribution in [2.45, 2.75) is 12.2 Å². The lowest BCUT2D eigenvalue weighted by molar-refractivity contribution is 0.124. The van der Waals surface area contributed by atoms with E-state index in [0.29, 0.717) is 29.2 Å². The molecule has 1 unspecified atom stereocenters. The molecule has 0 aliphatic carbocycles. The lowest BCUT2D eigenvalue weighted by atomic mass is 9.77. The number of benzene rings is 3. The van der Waals surface area contributed by atoms with Gasteiger partial charge >= 0.3 is 0 Å². The molecule has 5 nitrogen and oxygen atoms in total. The maximum atomic E-state index is 12.4. The Morgan fingerprint density at radius 2 is 1.85 bits per heavy atom. The third kappa shape index (κ3) is 3.13. The van der Waals surface area contributed by atoms with Crippen LogP contribution in [0.2, 0.25) is 0 Å². The molecule has 0 radical (unpaired) electrons. The van der Waals surface area contributed by atoms with Gasteiger partial charge in [0.1, 0.15) is 18.0 Å². The molecule has 2 aliphatic rings. The van der Waals surface area contributed by atoms with E-state index in [9.17, 15) is 5.11 Å². The molecule has 3 heterocycles. The van der Waals surface area contributed by atoms with Gasteiger partial charge in [-0.15, -0.1) is 0 Å². The number of aliphatic imine (C=N–C) groups is 1. The first-order valence-corrected chi connectivity index (χ1v) is 11.0. The molecule has 0 spiro atoms. The molecule has 4 aromatic rings. The van der Waals surface area contributed by atoms with E-state index >= 15 is 0 Å². The molecule has 6 bridgehead atoms. The molecule has 34 heavy (non-hydrogen) atoms. The van der Waals surface area contributed by atoms with Gasteiger partial charge in [-0.05, 0) is 63.7 Å². The number of nitrogens with zero attached hydrogens (tertiary/aromatic N) is 2. The molecule has 5 heteroatoms. The maximum absolute atomic E-state index is 12.4. The standard InChI is InChI=1S/C29H22N2O3/c1-18-15-30-16-26(18)29(32)21-7-3-5-19(11-21)17-34-23-8-4-6-20(12-23)24-14-28(33-2)31-27-10-9-22(29)13-25(24)27/h3-16,32H,1,17H2,2H3. The highest BCUT2D eigenvalue weighted by atomic mass is 16.5. The summed E-state index contributed by atoms with van der Waals surface area (Å²) in [4.78, 5) is 8.92. The summed E-state index contributed by atoms with van der Waals surface area (Å²) in [6.45, 7) is 4.50. The van der Waals surface area contributed by atoms with Gasteiger partial charge in [-0.2, -0.15) is 0 Å². The smallest absolute Gasteiger partial charge is 0.214 e. The maximum Gasteiger partial charge on any atom is 0.214 e. The number of aromatic nitrogens is 1. The monoisotopic (exact) mass is 446 g/mol. The minimum Gasteiger partial charge on any atom is -0.489 e. The molecule has 1 atom stereocenters. The minimum absolute atomic E-state index is 0.372. The van der Waals surface area contributed by atoms with Gasteiger partial charge in [0.05, 0.1) is 12.6 Å². The molecule has 1 aromatic heterocycles. The van der Waals surface area contributed by atoms with Crippen LogP contribution in [0.1, 0.15) is 16.7 Å².